The van der Waals surface area contributed by atoms with Crippen molar-refractivity contribution in [2.75, 3.05) is 5.32 Å². The fourth-order valence-electron chi connectivity index (χ4n) is 1.56. The van der Waals surface area contributed by atoms with Gasteiger partial charge >= 0.3 is 0 Å². The van der Waals surface area contributed by atoms with Crippen LogP contribution in [0, 0.1) is 25.2 Å². The molecule has 0 amide bonds. The average Bonchev–Trinajstić information content (AvgIpc) is 2.35. The summed E-state index contributed by atoms with van der Waals surface area (Å²) in [6.45, 7) is 4.11. The van der Waals surface area contributed by atoms with E-state index in [1.54, 1.807) is 12.3 Å². The molecule has 3 heteroatoms. The Morgan fingerprint density at radius 3 is 2.65 bits per heavy atom. The van der Waals surface area contributed by atoms with Crippen LogP contribution < -0.4 is 5.32 Å². The summed E-state index contributed by atoms with van der Waals surface area (Å²) < 4.78 is 0. The fourth-order valence-corrected chi connectivity index (χ4v) is 1.56. The molecule has 0 fully saturated rings. The molecule has 0 saturated carbocycles. The molecule has 0 bridgehead atoms. The van der Waals surface area contributed by atoms with Crippen molar-refractivity contribution in [1.82, 2.24) is 4.98 Å². The van der Waals surface area contributed by atoms with E-state index in [9.17, 15) is 0 Å². The van der Waals surface area contributed by atoms with Gasteiger partial charge < -0.3 is 5.32 Å². The third-order valence-corrected chi connectivity index (χ3v) is 2.55. The summed E-state index contributed by atoms with van der Waals surface area (Å²) in [5.74, 6) is 0. The molecule has 1 heterocycles. The van der Waals surface area contributed by atoms with Gasteiger partial charge in [-0.25, -0.2) is 4.98 Å². The third kappa shape index (κ3) is 2.61. The van der Waals surface area contributed by atoms with Crippen LogP contribution in [0.15, 0.2) is 36.5 Å². The number of nitrogens with one attached hydrogen (secondary N) is 1. The molecule has 2 rings (SSSR count). The predicted molar refractivity (Wildman–Crippen MR) is 68.2 cm³/mol. The Balaban J connectivity index is 2.25. The zero-order valence-corrected chi connectivity index (χ0v) is 9.86. The van der Waals surface area contributed by atoms with Gasteiger partial charge in [-0.3, -0.25) is 0 Å². The largest absolute Gasteiger partial charge is 0.354 e. The van der Waals surface area contributed by atoms with E-state index < -0.39 is 0 Å². The van der Waals surface area contributed by atoms with Crippen LogP contribution in [0.1, 0.15) is 16.8 Å². The smallest absolute Gasteiger partial charge is 0.140 e. The van der Waals surface area contributed by atoms with Crippen molar-refractivity contribution in [3.05, 3.63) is 53.3 Å². The van der Waals surface area contributed by atoms with Gasteiger partial charge in [-0.15, -0.1) is 0 Å². The van der Waals surface area contributed by atoms with E-state index in [0.717, 1.165) is 11.4 Å². The second kappa shape index (κ2) is 4.67. The normalized spacial score (nSPS) is 9.71. The predicted octanol–water partition coefficient (Wildman–Crippen LogP) is 3.31. The van der Waals surface area contributed by atoms with Crippen LogP contribution in [0.2, 0.25) is 0 Å². The number of hydrogen-bond donors (Lipinski definition) is 1. The Hall–Kier alpha value is -2.34. The van der Waals surface area contributed by atoms with E-state index in [0.29, 0.717) is 5.69 Å². The summed E-state index contributed by atoms with van der Waals surface area (Å²) in [7, 11) is 0. The molecule has 0 unspecified atom stereocenters. The third-order valence-electron chi connectivity index (χ3n) is 2.55. The lowest BCUT2D eigenvalue weighted by atomic mass is 10.1. The molecular weight excluding hydrogens is 210 g/mol. The summed E-state index contributed by atoms with van der Waals surface area (Å²) in [5, 5.41) is 12.0. The molecule has 0 radical (unpaired) electrons. The summed E-state index contributed by atoms with van der Waals surface area (Å²) in [5.41, 5.74) is 4.77. The van der Waals surface area contributed by atoms with Crippen molar-refractivity contribution >= 4 is 11.4 Å². The van der Waals surface area contributed by atoms with E-state index in [-0.39, 0.29) is 0 Å². The topological polar surface area (TPSA) is 48.7 Å². The Morgan fingerprint density at radius 2 is 2.00 bits per heavy atom. The summed E-state index contributed by atoms with van der Waals surface area (Å²) in [6.07, 6.45) is 1.67. The molecule has 0 aliphatic heterocycles. The lowest BCUT2D eigenvalue weighted by molar-refractivity contribution is 1.26. The quantitative estimate of drug-likeness (QED) is 0.849. The number of benzene rings is 1. The second-order valence-corrected chi connectivity index (χ2v) is 3.99. The molecule has 1 aromatic heterocycles. The van der Waals surface area contributed by atoms with Crippen LogP contribution in [0.5, 0.6) is 0 Å². The number of aromatic nitrogens is 1. The molecule has 84 valence electrons. The second-order valence-electron chi connectivity index (χ2n) is 3.99. The minimum absolute atomic E-state index is 0.427. The first-order chi connectivity index (χ1) is 8.19. The highest BCUT2D eigenvalue weighted by Gasteiger charge is 2.00. The van der Waals surface area contributed by atoms with Crippen molar-refractivity contribution in [1.29, 1.82) is 5.26 Å². The number of nitriles is 1. The van der Waals surface area contributed by atoms with Gasteiger partial charge in [0.25, 0.3) is 0 Å². The van der Waals surface area contributed by atoms with Gasteiger partial charge in [0.1, 0.15) is 11.8 Å². The summed E-state index contributed by atoms with van der Waals surface area (Å²) in [4.78, 5) is 4.02. The molecule has 1 aromatic carbocycles. The number of nitrogens with zero attached hydrogens (tertiary/aromatic N) is 2. The lowest BCUT2D eigenvalue weighted by Crippen LogP contribution is -1.95. The molecule has 0 saturated heterocycles. The van der Waals surface area contributed by atoms with E-state index in [1.165, 1.54) is 11.1 Å². The van der Waals surface area contributed by atoms with Gasteiger partial charge in [0.15, 0.2) is 0 Å². The van der Waals surface area contributed by atoms with Gasteiger partial charge in [-0.05, 0) is 43.2 Å². The Labute approximate surface area is 101 Å². The van der Waals surface area contributed by atoms with E-state index in [2.05, 4.69) is 42.3 Å². The number of anilines is 2. The standard InChI is InChI=1S/C14H13N3/c1-10-3-4-11(2)14(7-10)17-13-6-5-12(8-15)16-9-13/h3-7,9,17H,1-2H3. The van der Waals surface area contributed by atoms with E-state index >= 15 is 0 Å². The van der Waals surface area contributed by atoms with Gasteiger partial charge in [-0.1, -0.05) is 12.1 Å². The highest BCUT2D eigenvalue weighted by molar-refractivity contribution is 5.63. The maximum Gasteiger partial charge on any atom is 0.140 e. The van der Waals surface area contributed by atoms with Gasteiger partial charge in [0.05, 0.1) is 11.9 Å². The van der Waals surface area contributed by atoms with Crippen LogP contribution in [0.4, 0.5) is 11.4 Å². The fraction of sp³-hybridized carbons (Fsp3) is 0.143. The van der Waals surface area contributed by atoms with Crippen LogP contribution in [-0.4, -0.2) is 4.98 Å². The lowest BCUT2D eigenvalue weighted by Gasteiger charge is -2.10. The molecule has 2 aromatic rings. The van der Waals surface area contributed by atoms with Crippen molar-refractivity contribution in [2.24, 2.45) is 0 Å². The van der Waals surface area contributed by atoms with Gasteiger partial charge in [0.2, 0.25) is 0 Å². The molecule has 0 atom stereocenters. The van der Waals surface area contributed by atoms with Crippen molar-refractivity contribution < 1.29 is 0 Å². The van der Waals surface area contributed by atoms with Crippen LogP contribution in [-0.2, 0) is 0 Å². The van der Waals surface area contributed by atoms with Crippen LogP contribution in [0.25, 0.3) is 0 Å². The summed E-state index contributed by atoms with van der Waals surface area (Å²) in [6, 6.07) is 11.8. The zero-order valence-electron chi connectivity index (χ0n) is 9.86. The van der Waals surface area contributed by atoms with E-state index in [4.69, 9.17) is 5.26 Å². The van der Waals surface area contributed by atoms with Crippen LogP contribution in [0.3, 0.4) is 0 Å². The first-order valence-corrected chi connectivity index (χ1v) is 5.39. The monoisotopic (exact) mass is 223 g/mol. The van der Waals surface area contributed by atoms with Crippen molar-refractivity contribution in [3.8, 4) is 6.07 Å². The van der Waals surface area contributed by atoms with Crippen molar-refractivity contribution in [2.45, 2.75) is 13.8 Å². The Bertz CT molecular complexity index is 565. The first kappa shape index (κ1) is 11.2. The number of pyridine rings is 1. The number of rotatable bonds is 2. The minimum Gasteiger partial charge on any atom is -0.354 e. The maximum atomic E-state index is 8.67. The van der Waals surface area contributed by atoms with Gasteiger partial charge in [0, 0.05) is 5.69 Å². The SMILES string of the molecule is Cc1ccc(C)c(Nc2ccc(C#N)nc2)c1. The highest BCUT2D eigenvalue weighted by Crippen LogP contribution is 2.21. The highest BCUT2D eigenvalue weighted by atomic mass is 14.9. The molecule has 0 aliphatic rings. The number of aryl methyl sites for hydroxylation is 2. The van der Waals surface area contributed by atoms with Crippen molar-refractivity contribution in [3.63, 3.8) is 0 Å². The molecule has 0 aliphatic carbocycles. The minimum atomic E-state index is 0.427. The Kier molecular flexibility index (Phi) is 3.06. The van der Waals surface area contributed by atoms with E-state index in [1.807, 2.05) is 12.1 Å². The molecule has 0 spiro atoms. The zero-order chi connectivity index (χ0) is 12.3. The number of hydrogen-bond acceptors (Lipinski definition) is 3. The Morgan fingerprint density at radius 1 is 1.18 bits per heavy atom. The van der Waals surface area contributed by atoms with Crippen LogP contribution >= 0.6 is 0 Å². The molecular formula is C14H13N3. The molecule has 17 heavy (non-hydrogen) atoms. The average molecular weight is 223 g/mol. The summed E-state index contributed by atoms with van der Waals surface area (Å²) >= 11 is 0. The first-order valence-electron chi connectivity index (χ1n) is 5.39. The molecule has 3 nitrogen and oxygen atoms in total. The van der Waals surface area contributed by atoms with Gasteiger partial charge in [-0.2, -0.15) is 5.26 Å². The maximum absolute atomic E-state index is 8.67. The molecule has 1 N–H and O–H groups in total.